The summed E-state index contributed by atoms with van der Waals surface area (Å²) in [7, 11) is 1.08. The van der Waals surface area contributed by atoms with E-state index in [2.05, 4.69) is 0 Å². The van der Waals surface area contributed by atoms with E-state index >= 15 is 0 Å². The van der Waals surface area contributed by atoms with Gasteiger partial charge in [0.15, 0.2) is 0 Å². The van der Waals surface area contributed by atoms with Crippen molar-refractivity contribution in [3.05, 3.63) is 48.5 Å². The van der Waals surface area contributed by atoms with E-state index in [1.165, 1.54) is 12.1 Å². The molecular weight excluding hydrogens is 447 g/mol. The molecule has 0 heterocycles. The molecule has 0 saturated heterocycles. The average molecular weight is 460 g/mol. The predicted octanol–water partition coefficient (Wildman–Crippen LogP) is 5.91. The van der Waals surface area contributed by atoms with Crippen molar-refractivity contribution in [2.45, 2.75) is 24.1 Å². The Morgan fingerprint density at radius 2 is 1.29 bits per heavy atom. The first-order valence-corrected chi connectivity index (χ1v) is 8.17. The van der Waals surface area contributed by atoms with Crippen molar-refractivity contribution < 1.29 is 49.0 Å². The standard InChI is InChI=1S/C18H13F9N2O2/c1-31-13-8-7-11(10-5-3-2-4-6-10)9-12(13)28-14(30)29-15(16(19,20)21,17(22,23)24)18(25,26)27/h2-9H,1H3,(H2,28,29,30). The quantitative estimate of drug-likeness (QED) is 0.558. The Morgan fingerprint density at radius 1 is 0.774 bits per heavy atom. The normalized spacial score (nSPS) is 13.0. The van der Waals surface area contributed by atoms with Crippen molar-refractivity contribution in [3.63, 3.8) is 0 Å². The second kappa shape index (κ2) is 8.19. The fraction of sp³-hybridized carbons (Fsp3) is 0.278. The number of ether oxygens (including phenoxy) is 1. The first-order valence-electron chi connectivity index (χ1n) is 8.17. The van der Waals surface area contributed by atoms with E-state index in [9.17, 15) is 44.3 Å². The highest BCUT2D eigenvalue weighted by molar-refractivity contribution is 5.92. The van der Waals surface area contributed by atoms with E-state index in [1.54, 1.807) is 35.6 Å². The Morgan fingerprint density at radius 3 is 1.74 bits per heavy atom. The number of nitrogens with one attached hydrogen (secondary N) is 2. The van der Waals surface area contributed by atoms with E-state index < -0.39 is 35.8 Å². The van der Waals surface area contributed by atoms with Gasteiger partial charge in [-0.15, -0.1) is 0 Å². The number of carbonyl (C=O) groups excluding carboxylic acids is 1. The minimum atomic E-state index is -6.93. The van der Waals surface area contributed by atoms with Crippen LogP contribution in [-0.2, 0) is 0 Å². The molecule has 2 aromatic rings. The minimum absolute atomic E-state index is 0.0288. The van der Waals surface area contributed by atoms with Gasteiger partial charge in [0.2, 0.25) is 0 Å². The fourth-order valence-corrected chi connectivity index (χ4v) is 2.63. The van der Waals surface area contributed by atoms with Crippen molar-refractivity contribution >= 4 is 11.7 Å². The number of amides is 2. The molecule has 0 aliphatic rings. The van der Waals surface area contributed by atoms with Crippen LogP contribution in [-0.4, -0.2) is 37.2 Å². The zero-order valence-electron chi connectivity index (χ0n) is 15.3. The number of urea groups is 1. The smallest absolute Gasteiger partial charge is 0.429 e. The predicted molar refractivity (Wildman–Crippen MR) is 91.5 cm³/mol. The Balaban J connectivity index is 2.46. The molecular formula is C18H13F9N2O2. The molecule has 2 amide bonds. The van der Waals surface area contributed by atoms with Crippen LogP contribution in [0.25, 0.3) is 11.1 Å². The zero-order chi connectivity index (χ0) is 23.7. The van der Waals surface area contributed by atoms with Crippen LogP contribution in [0.1, 0.15) is 0 Å². The number of alkyl halides is 9. The summed E-state index contributed by atoms with van der Waals surface area (Å²) < 4.78 is 122. The van der Waals surface area contributed by atoms with E-state index in [1.807, 2.05) is 0 Å². The van der Waals surface area contributed by atoms with Gasteiger partial charge in [-0.2, -0.15) is 39.5 Å². The van der Waals surface area contributed by atoms with Gasteiger partial charge in [-0.1, -0.05) is 36.4 Å². The van der Waals surface area contributed by atoms with Gasteiger partial charge in [-0.3, -0.25) is 0 Å². The summed E-state index contributed by atoms with van der Waals surface area (Å²) >= 11 is 0. The number of methoxy groups -OCH3 is 1. The molecule has 0 aliphatic carbocycles. The molecule has 0 fully saturated rings. The van der Waals surface area contributed by atoms with Crippen LogP contribution in [0.5, 0.6) is 5.75 Å². The molecule has 31 heavy (non-hydrogen) atoms. The topological polar surface area (TPSA) is 50.4 Å². The summed E-state index contributed by atoms with van der Waals surface area (Å²) in [6, 6.07) is 9.55. The Labute approximate surface area is 169 Å². The lowest BCUT2D eigenvalue weighted by Crippen LogP contribution is -2.75. The molecule has 0 aliphatic heterocycles. The summed E-state index contributed by atoms with van der Waals surface area (Å²) in [6.45, 7) is 0. The molecule has 170 valence electrons. The van der Waals surface area contributed by atoms with Crippen LogP contribution in [0.15, 0.2) is 48.5 Å². The number of benzene rings is 2. The molecule has 0 bridgehead atoms. The van der Waals surface area contributed by atoms with Crippen molar-refractivity contribution in [2.75, 3.05) is 12.4 Å². The second-order valence-corrected chi connectivity index (χ2v) is 6.10. The van der Waals surface area contributed by atoms with Gasteiger partial charge in [0.1, 0.15) is 5.75 Å². The van der Waals surface area contributed by atoms with Gasteiger partial charge in [-0.25, -0.2) is 4.79 Å². The number of halogens is 9. The summed E-state index contributed by atoms with van der Waals surface area (Å²) in [5.74, 6) is -0.216. The fourth-order valence-electron chi connectivity index (χ4n) is 2.63. The van der Waals surface area contributed by atoms with E-state index in [-0.39, 0.29) is 11.1 Å². The van der Waals surface area contributed by atoms with Crippen LogP contribution < -0.4 is 15.4 Å². The Kier molecular flexibility index (Phi) is 6.38. The van der Waals surface area contributed by atoms with E-state index in [4.69, 9.17) is 4.74 Å². The summed E-state index contributed by atoms with van der Waals surface area (Å²) in [6.07, 6.45) is -20.8. The molecule has 0 aromatic heterocycles. The van der Waals surface area contributed by atoms with Crippen molar-refractivity contribution in [1.82, 2.24) is 5.32 Å². The lowest BCUT2D eigenvalue weighted by Gasteiger charge is -2.38. The first-order chi connectivity index (χ1) is 14.1. The number of hydrogen-bond donors (Lipinski definition) is 2. The van der Waals surface area contributed by atoms with E-state index in [0.29, 0.717) is 11.1 Å². The molecule has 4 nitrogen and oxygen atoms in total. The third-order valence-electron chi connectivity index (χ3n) is 4.13. The first kappa shape index (κ1) is 24.2. The molecule has 0 unspecified atom stereocenters. The van der Waals surface area contributed by atoms with Crippen LogP contribution >= 0.6 is 0 Å². The maximum atomic E-state index is 13.0. The summed E-state index contributed by atoms with van der Waals surface area (Å²) in [5, 5.41) is 1.60. The number of anilines is 1. The summed E-state index contributed by atoms with van der Waals surface area (Å²) in [5.41, 5.74) is -6.04. The molecule has 13 heteroatoms. The highest BCUT2D eigenvalue weighted by Crippen LogP contribution is 2.52. The highest BCUT2D eigenvalue weighted by atomic mass is 19.4. The molecule has 2 N–H and O–H groups in total. The van der Waals surface area contributed by atoms with Crippen LogP contribution in [0.2, 0.25) is 0 Å². The maximum Gasteiger partial charge on any atom is 0.429 e. The average Bonchev–Trinajstić information content (AvgIpc) is 2.63. The monoisotopic (exact) mass is 460 g/mol. The zero-order valence-corrected chi connectivity index (χ0v) is 15.3. The highest BCUT2D eigenvalue weighted by Gasteiger charge is 2.84. The SMILES string of the molecule is COc1ccc(-c2ccccc2)cc1NC(=O)NC(C(F)(F)F)(C(F)(F)F)C(F)(F)F. The van der Waals surface area contributed by atoms with Gasteiger partial charge in [0.05, 0.1) is 12.8 Å². The molecule has 0 radical (unpaired) electrons. The largest absolute Gasteiger partial charge is 0.495 e. The van der Waals surface area contributed by atoms with Crippen LogP contribution in [0.3, 0.4) is 0 Å². The van der Waals surface area contributed by atoms with Gasteiger partial charge >= 0.3 is 30.1 Å². The van der Waals surface area contributed by atoms with Gasteiger partial charge in [0.25, 0.3) is 0 Å². The van der Waals surface area contributed by atoms with Gasteiger partial charge in [-0.05, 0) is 23.3 Å². The number of rotatable bonds is 4. The summed E-state index contributed by atoms with van der Waals surface area (Å²) in [4.78, 5) is 11.9. The molecule has 2 aromatic carbocycles. The second-order valence-electron chi connectivity index (χ2n) is 6.10. The minimum Gasteiger partial charge on any atom is -0.495 e. The van der Waals surface area contributed by atoms with E-state index in [0.717, 1.165) is 13.2 Å². The Bertz CT molecular complexity index is 886. The maximum absolute atomic E-state index is 13.0. The number of hydrogen-bond acceptors (Lipinski definition) is 2. The number of carbonyl (C=O) groups is 1. The third kappa shape index (κ3) is 4.64. The van der Waals surface area contributed by atoms with Crippen molar-refractivity contribution in [2.24, 2.45) is 0 Å². The Hall–Kier alpha value is -3.12. The molecule has 2 rings (SSSR count). The van der Waals surface area contributed by atoms with Crippen molar-refractivity contribution in [1.29, 1.82) is 0 Å². The van der Waals surface area contributed by atoms with Gasteiger partial charge < -0.3 is 15.4 Å². The lowest BCUT2D eigenvalue weighted by atomic mass is 9.97. The molecule has 0 saturated carbocycles. The van der Waals surface area contributed by atoms with Crippen molar-refractivity contribution in [3.8, 4) is 16.9 Å². The van der Waals surface area contributed by atoms with Crippen LogP contribution in [0, 0.1) is 0 Å². The molecule has 0 atom stereocenters. The van der Waals surface area contributed by atoms with Gasteiger partial charge in [0, 0.05) is 0 Å². The van der Waals surface area contributed by atoms with Crippen LogP contribution in [0.4, 0.5) is 50.0 Å². The molecule has 0 spiro atoms. The third-order valence-corrected chi connectivity index (χ3v) is 4.13. The lowest BCUT2D eigenvalue weighted by molar-refractivity contribution is -0.386.